The molecule has 3 nitrogen and oxygen atoms in total. The van der Waals surface area contributed by atoms with E-state index in [1.807, 2.05) is 0 Å². The Bertz CT molecular complexity index is 963. The lowest BCUT2D eigenvalue weighted by Gasteiger charge is -2.42. The Kier molecular flexibility index (Phi) is 4.31. The molecule has 3 aromatic rings. The number of likely N-dealkylation sites (N-methyl/N-ethyl adjacent to an activating group) is 1. The van der Waals surface area contributed by atoms with E-state index >= 15 is 0 Å². The number of fused-ring (bicyclic) bond motifs is 2. The van der Waals surface area contributed by atoms with Gasteiger partial charge in [0.2, 0.25) is 0 Å². The molecule has 0 amide bonds. The minimum Gasteiger partial charge on any atom is -0.360 e. The molecule has 0 radical (unpaired) electrons. The third-order valence-corrected chi connectivity index (χ3v) is 6.77. The van der Waals surface area contributed by atoms with Gasteiger partial charge in [-0.2, -0.15) is 0 Å². The van der Waals surface area contributed by atoms with Crippen LogP contribution in [-0.2, 0) is 0 Å². The van der Waals surface area contributed by atoms with Gasteiger partial charge in [-0.25, -0.2) is 4.39 Å². The molecule has 0 spiro atoms. The highest BCUT2D eigenvalue weighted by Crippen LogP contribution is 2.51. The Morgan fingerprint density at radius 1 is 1.04 bits per heavy atom. The average Bonchev–Trinajstić information content (AvgIpc) is 3.26. The predicted octanol–water partition coefficient (Wildman–Crippen LogP) is 5.52. The maximum absolute atomic E-state index is 13.3. The van der Waals surface area contributed by atoms with Crippen molar-refractivity contribution < 1.29 is 8.91 Å². The monoisotopic (exact) mass is 376 g/mol. The summed E-state index contributed by atoms with van der Waals surface area (Å²) in [6, 6.07) is 18.6. The lowest BCUT2D eigenvalue weighted by Crippen LogP contribution is -2.44. The summed E-state index contributed by atoms with van der Waals surface area (Å²) in [6.45, 7) is 2.13. The molecular weight excluding hydrogens is 351 g/mol. The number of piperidine rings is 1. The molecule has 4 heteroatoms. The standard InChI is InChI=1S/C24H25FN2O/c1-15-3-5-16(6-4-15)20-13-19-11-12-22(27(19)2)24(20)23-14-21(26-28-23)17-7-9-18(25)10-8-17/h3-10,14,19-20,22,24H,11-13H2,1-2H3/t19-,20+,22+,24-/m0/s1. The number of halogens is 1. The van der Waals surface area contributed by atoms with Crippen LogP contribution in [0.5, 0.6) is 0 Å². The van der Waals surface area contributed by atoms with E-state index in [4.69, 9.17) is 4.52 Å². The second-order valence-electron chi connectivity index (χ2n) is 8.36. The van der Waals surface area contributed by atoms with Gasteiger partial charge in [-0.15, -0.1) is 0 Å². The summed E-state index contributed by atoms with van der Waals surface area (Å²) in [4.78, 5) is 2.54. The lowest BCUT2D eigenvalue weighted by molar-refractivity contribution is 0.122. The van der Waals surface area contributed by atoms with E-state index in [0.717, 1.165) is 23.4 Å². The van der Waals surface area contributed by atoms with Crippen LogP contribution in [0.15, 0.2) is 59.1 Å². The smallest absolute Gasteiger partial charge is 0.142 e. The highest BCUT2D eigenvalue weighted by Gasteiger charge is 2.48. The first-order chi connectivity index (χ1) is 13.6. The van der Waals surface area contributed by atoms with E-state index in [1.165, 1.54) is 36.1 Å². The highest BCUT2D eigenvalue weighted by molar-refractivity contribution is 5.59. The molecule has 3 heterocycles. The number of hydrogen-bond donors (Lipinski definition) is 0. The van der Waals surface area contributed by atoms with E-state index < -0.39 is 0 Å². The first kappa shape index (κ1) is 17.6. The van der Waals surface area contributed by atoms with E-state index in [0.29, 0.717) is 18.0 Å². The number of aromatic nitrogens is 1. The van der Waals surface area contributed by atoms with E-state index in [9.17, 15) is 4.39 Å². The van der Waals surface area contributed by atoms with Crippen molar-refractivity contribution in [3.8, 4) is 11.3 Å². The summed E-state index contributed by atoms with van der Waals surface area (Å²) in [5, 5.41) is 4.32. The molecule has 5 rings (SSSR count). The molecule has 0 unspecified atom stereocenters. The first-order valence-corrected chi connectivity index (χ1v) is 10.1. The fraction of sp³-hybridized carbons (Fsp3) is 0.375. The third-order valence-electron chi connectivity index (χ3n) is 6.77. The van der Waals surface area contributed by atoms with Crippen molar-refractivity contribution in [2.75, 3.05) is 7.05 Å². The van der Waals surface area contributed by atoms with Crippen LogP contribution >= 0.6 is 0 Å². The predicted molar refractivity (Wildman–Crippen MR) is 108 cm³/mol. The lowest BCUT2D eigenvalue weighted by atomic mass is 9.74. The molecule has 0 N–H and O–H groups in total. The Balaban J connectivity index is 1.53. The molecule has 2 aliphatic rings. The van der Waals surface area contributed by atoms with Gasteiger partial charge in [0, 0.05) is 29.6 Å². The van der Waals surface area contributed by atoms with Crippen LogP contribution in [0.2, 0.25) is 0 Å². The zero-order valence-electron chi connectivity index (χ0n) is 16.3. The van der Waals surface area contributed by atoms with Gasteiger partial charge in [-0.05, 0) is 69.0 Å². The van der Waals surface area contributed by atoms with Crippen LogP contribution in [0.25, 0.3) is 11.3 Å². The van der Waals surface area contributed by atoms with Gasteiger partial charge < -0.3 is 4.52 Å². The molecule has 2 aromatic carbocycles. The summed E-state index contributed by atoms with van der Waals surface area (Å²) in [7, 11) is 2.25. The molecule has 4 atom stereocenters. The Labute approximate surface area is 165 Å². The highest BCUT2D eigenvalue weighted by atomic mass is 19.1. The van der Waals surface area contributed by atoms with Gasteiger partial charge >= 0.3 is 0 Å². The molecule has 0 saturated carbocycles. The Morgan fingerprint density at radius 3 is 2.54 bits per heavy atom. The zero-order valence-corrected chi connectivity index (χ0v) is 16.3. The van der Waals surface area contributed by atoms with Crippen molar-refractivity contribution in [2.24, 2.45) is 0 Å². The summed E-state index contributed by atoms with van der Waals surface area (Å²) < 4.78 is 19.2. The van der Waals surface area contributed by atoms with E-state index in [2.05, 4.69) is 54.4 Å². The Hall–Kier alpha value is -2.46. The van der Waals surface area contributed by atoms with Crippen molar-refractivity contribution in [2.45, 2.75) is 50.1 Å². The van der Waals surface area contributed by atoms with Gasteiger partial charge in [0.25, 0.3) is 0 Å². The van der Waals surface area contributed by atoms with Crippen LogP contribution in [0, 0.1) is 12.7 Å². The summed E-state index contributed by atoms with van der Waals surface area (Å²) in [5.74, 6) is 1.43. The molecule has 1 aromatic heterocycles. The van der Waals surface area contributed by atoms with Gasteiger partial charge in [0.1, 0.15) is 17.3 Å². The number of benzene rings is 2. The van der Waals surface area contributed by atoms with Crippen molar-refractivity contribution in [1.29, 1.82) is 0 Å². The number of nitrogens with zero attached hydrogens (tertiary/aromatic N) is 2. The largest absolute Gasteiger partial charge is 0.360 e. The maximum Gasteiger partial charge on any atom is 0.142 e. The number of hydrogen-bond acceptors (Lipinski definition) is 3. The van der Waals surface area contributed by atoms with Crippen molar-refractivity contribution in [3.63, 3.8) is 0 Å². The second-order valence-corrected chi connectivity index (χ2v) is 8.36. The minimum atomic E-state index is -0.238. The van der Waals surface area contributed by atoms with Crippen LogP contribution in [0.3, 0.4) is 0 Å². The van der Waals surface area contributed by atoms with Gasteiger partial charge in [0.05, 0.1) is 0 Å². The molecule has 144 valence electrons. The number of aryl methyl sites for hydroxylation is 1. The van der Waals surface area contributed by atoms with Crippen molar-refractivity contribution in [1.82, 2.24) is 10.1 Å². The van der Waals surface area contributed by atoms with Crippen LogP contribution < -0.4 is 0 Å². The maximum atomic E-state index is 13.3. The summed E-state index contributed by atoms with van der Waals surface area (Å²) in [6.07, 6.45) is 3.59. The molecule has 2 fully saturated rings. The summed E-state index contributed by atoms with van der Waals surface area (Å²) >= 11 is 0. The normalized spacial score (nSPS) is 27.2. The van der Waals surface area contributed by atoms with E-state index in [1.54, 1.807) is 12.1 Å². The van der Waals surface area contributed by atoms with Crippen LogP contribution in [0.4, 0.5) is 4.39 Å². The minimum absolute atomic E-state index is 0.238. The van der Waals surface area contributed by atoms with Crippen LogP contribution in [0.1, 0.15) is 48.0 Å². The van der Waals surface area contributed by atoms with Crippen LogP contribution in [-0.4, -0.2) is 29.2 Å². The molecular formula is C24H25FN2O. The number of rotatable bonds is 3. The van der Waals surface area contributed by atoms with Crippen molar-refractivity contribution in [3.05, 3.63) is 77.3 Å². The van der Waals surface area contributed by atoms with Gasteiger partial charge in [-0.3, -0.25) is 4.90 Å². The average molecular weight is 376 g/mol. The second kappa shape index (κ2) is 6.85. The molecule has 0 aliphatic carbocycles. The first-order valence-electron chi connectivity index (χ1n) is 10.1. The third kappa shape index (κ3) is 2.96. The topological polar surface area (TPSA) is 29.3 Å². The van der Waals surface area contributed by atoms with Gasteiger partial charge in [0.15, 0.2) is 0 Å². The van der Waals surface area contributed by atoms with Crippen molar-refractivity contribution >= 4 is 0 Å². The zero-order chi connectivity index (χ0) is 19.3. The SMILES string of the molecule is Cc1ccc([C@H]2C[C@@H]3CC[C@H]([C@H]2c2cc(-c4ccc(F)cc4)no2)N3C)cc1. The van der Waals surface area contributed by atoms with E-state index in [-0.39, 0.29) is 11.7 Å². The fourth-order valence-corrected chi connectivity index (χ4v) is 5.21. The fourth-order valence-electron chi connectivity index (χ4n) is 5.21. The molecule has 2 aliphatic heterocycles. The molecule has 2 saturated heterocycles. The summed E-state index contributed by atoms with van der Waals surface area (Å²) in [5.41, 5.74) is 4.34. The molecule has 2 bridgehead atoms. The molecule has 28 heavy (non-hydrogen) atoms. The van der Waals surface area contributed by atoms with Gasteiger partial charge in [-0.1, -0.05) is 35.0 Å². The quantitative estimate of drug-likeness (QED) is 0.602. The Morgan fingerprint density at radius 2 is 1.79 bits per heavy atom.